The minimum Gasteiger partial charge on any atom is -0.461 e. The lowest BCUT2D eigenvalue weighted by Crippen LogP contribution is -2.33. The van der Waals surface area contributed by atoms with E-state index in [0.717, 1.165) is 5.39 Å². The fourth-order valence-corrected chi connectivity index (χ4v) is 2.61. The van der Waals surface area contributed by atoms with Crippen molar-refractivity contribution in [2.45, 2.75) is 24.5 Å². The van der Waals surface area contributed by atoms with E-state index >= 15 is 0 Å². The molecule has 0 radical (unpaired) electrons. The third-order valence-corrected chi connectivity index (χ3v) is 3.73. The normalized spacial score (nSPS) is 31.1. The Labute approximate surface area is 113 Å². The van der Waals surface area contributed by atoms with Crippen LogP contribution < -0.4 is 0 Å². The number of ether oxygens (including phenoxy) is 1. The zero-order valence-electron chi connectivity index (χ0n) is 9.84. The number of nitrogens with zero attached hydrogens (tertiary/aromatic N) is 1. The number of fused-ring (bicyclic) bond motifs is 1. The number of furan rings is 1. The van der Waals surface area contributed by atoms with Gasteiger partial charge in [0.15, 0.2) is 16.5 Å². The quantitative estimate of drug-likeness (QED) is 0.699. The zero-order chi connectivity index (χ0) is 13.6. The summed E-state index contributed by atoms with van der Waals surface area (Å²) in [5, 5.41) is 29.7. The fourth-order valence-electron chi connectivity index (χ4n) is 2.28. The topological polar surface area (TPSA) is 88.0 Å². The van der Waals surface area contributed by atoms with Crippen LogP contribution in [0.25, 0.3) is 11.0 Å². The second-order valence-electron chi connectivity index (χ2n) is 4.46. The van der Waals surface area contributed by atoms with Crippen molar-refractivity contribution in [1.29, 1.82) is 0 Å². The largest absolute Gasteiger partial charge is 0.461 e. The number of aliphatic hydroxyl groups excluding tert-OH is 3. The summed E-state index contributed by atoms with van der Waals surface area (Å²) in [5.74, 6) is 0. The average Bonchev–Trinajstić information content (AvgIpc) is 2.98. The highest BCUT2D eigenvalue weighted by Gasteiger charge is 2.43. The molecular formula is C12H13NO5S. The number of hydrogen-bond donors (Lipinski definition) is 3. The Morgan fingerprint density at radius 3 is 2.74 bits per heavy atom. The Bertz CT molecular complexity index is 651. The maximum absolute atomic E-state index is 9.98. The van der Waals surface area contributed by atoms with Gasteiger partial charge in [0.2, 0.25) is 0 Å². The van der Waals surface area contributed by atoms with Crippen LogP contribution in [-0.4, -0.2) is 44.8 Å². The molecule has 0 aromatic carbocycles. The molecule has 1 unspecified atom stereocenters. The molecule has 2 aromatic heterocycles. The van der Waals surface area contributed by atoms with Crippen molar-refractivity contribution in [2.24, 2.45) is 0 Å². The van der Waals surface area contributed by atoms with Crippen molar-refractivity contribution >= 4 is 23.2 Å². The molecule has 3 heterocycles. The van der Waals surface area contributed by atoms with Gasteiger partial charge in [-0.2, -0.15) is 0 Å². The van der Waals surface area contributed by atoms with Gasteiger partial charge in [-0.15, -0.1) is 0 Å². The third kappa shape index (κ3) is 1.90. The molecule has 6 nitrogen and oxygen atoms in total. The van der Waals surface area contributed by atoms with E-state index in [2.05, 4.69) is 0 Å². The number of hydrogen-bond acceptors (Lipinski definition) is 6. The van der Waals surface area contributed by atoms with Gasteiger partial charge in [0, 0.05) is 11.6 Å². The van der Waals surface area contributed by atoms with Gasteiger partial charge in [-0.05, 0) is 12.1 Å². The molecule has 4 atom stereocenters. The van der Waals surface area contributed by atoms with Crippen LogP contribution in [0, 0.1) is 4.64 Å². The minimum atomic E-state index is -1.16. The Morgan fingerprint density at radius 2 is 2.05 bits per heavy atom. The average molecular weight is 283 g/mol. The molecule has 3 N–H and O–H groups in total. The summed E-state index contributed by atoms with van der Waals surface area (Å²) in [6.45, 7) is -0.370. The third-order valence-electron chi connectivity index (χ3n) is 3.33. The summed E-state index contributed by atoms with van der Waals surface area (Å²) in [7, 11) is 0. The molecular weight excluding hydrogens is 270 g/mol. The van der Waals surface area contributed by atoms with Gasteiger partial charge >= 0.3 is 0 Å². The van der Waals surface area contributed by atoms with Crippen LogP contribution >= 0.6 is 12.2 Å². The molecule has 102 valence electrons. The maximum atomic E-state index is 9.98. The molecule has 19 heavy (non-hydrogen) atoms. The van der Waals surface area contributed by atoms with Crippen molar-refractivity contribution in [1.82, 2.24) is 4.57 Å². The van der Waals surface area contributed by atoms with Gasteiger partial charge in [0.25, 0.3) is 0 Å². The monoisotopic (exact) mass is 283 g/mol. The van der Waals surface area contributed by atoms with Crippen LogP contribution in [0.15, 0.2) is 29.0 Å². The first-order chi connectivity index (χ1) is 9.13. The van der Waals surface area contributed by atoms with Crippen LogP contribution in [0.2, 0.25) is 0 Å². The molecule has 3 rings (SSSR count). The van der Waals surface area contributed by atoms with Crippen molar-refractivity contribution < 1.29 is 24.5 Å². The minimum absolute atomic E-state index is 0.370. The van der Waals surface area contributed by atoms with Gasteiger partial charge < -0.3 is 29.0 Å². The van der Waals surface area contributed by atoms with Crippen LogP contribution in [0.3, 0.4) is 0 Å². The summed E-state index contributed by atoms with van der Waals surface area (Å²) in [4.78, 5) is 0. The molecule has 2 aromatic rings. The molecule has 0 aliphatic carbocycles. The van der Waals surface area contributed by atoms with Crippen molar-refractivity contribution in [3.05, 3.63) is 29.2 Å². The Morgan fingerprint density at radius 1 is 1.26 bits per heavy atom. The molecule has 1 saturated heterocycles. The number of rotatable bonds is 2. The molecule has 0 saturated carbocycles. The van der Waals surface area contributed by atoms with Crippen LogP contribution in [0.4, 0.5) is 0 Å². The molecule has 0 spiro atoms. The van der Waals surface area contributed by atoms with Crippen molar-refractivity contribution in [2.75, 3.05) is 6.61 Å². The van der Waals surface area contributed by atoms with Crippen molar-refractivity contribution in [3.8, 4) is 0 Å². The molecule has 1 fully saturated rings. The lowest BCUT2D eigenvalue weighted by atomic mass is 10.1. The highest BCUT2D eigenvalue weighted by Crippen LogP contribution is 2.31. The Balaban J connectivity index is 2.05. The van der Waals surface area contributed by atoms with E-state index in [1.807, 2.05) is 0 Å². The molecule has 0 amide bonds. The summed E-state index contributed by atoms with van der Waals surface area (Å²) >= 11 is 5.28. The van der Waals surface area contributed by atoms with Crippen molar-refractivity contribution in [3.63, 3.8) is 0 Å². The first kappa shape index (κ1) is 12.8. The van der Waals surface area contributed by atoms with Crippen LogP contribution in [-0.2, 0) is 4.74 Å². The first-order valence-corrected chi connectivity index (χ1v) is 6.25. The fraction of sp³-hybridized carbons (Fsp3) is 0.417. The van der Waals surface area contributed by atoms with Gasteiger partial charge in [0.05, 0.1) is 12.9 Å². The molecule has 1 aliphatic rings. The van der Waals surface area contributed by atoms with E-state index in [1.165, 1.54) is 10.8 Å². The lowest BCUT2D eigenvalue weighted by molar-refractivity contribution is -0.0534. The Hall–Kier alpha value is -1.25. The molecule has 0 bridgehead atoms. The SMILES string of the molecule is OC[C@H]1OC(n2ccc3ccoc3c2=S)[C@H](O)[C@@H]1O. The second kappa shape index (κ2) is 4.69. The smallest absolute Gasteiger partial charge is 0.168 e. The van der Waals surface area contributed by atoms with E-state index in [-0.39, 0.29) is 6.61 Å². The second-order valence-corrected chi connectivity index (χ2v) is 4.85. The Kier molecular flexibility index (Phi) is 3.15. The predicted molar refractivity (Wildman–Crippen MR) is 68.0 cm³/mol. The molecule has 1 aliphatic heterocycles. The standard InChI is InChI=1S/C12H13NO5S/c14-5-7-8(15)9(16)11(18-7)13-3-1-6-2-4-17-10(6)12(13)19/h1-4,7-9,11,14-16H,5H2/t7-,8-,9-,11?/m1/s1. The number of aromatic nitrogens is 1. The van der Waals surface area contributed by atoms with Crippen LogP contribution in [0.1, 0.15) is 6.23 Å². The number of pyridine rings is 1. The summed E-state index contributed by atoms with van der Waals surface area (Å²) < 4.78 is 12.6. The van der Waals surface area contributed by atoms with Gasteiger partial charge in [-0.25, -0.2) is 0 Å². The van der Waals surface area contributed by atoms with Gasteiger partial charge in [0.1, 0.15) is 18.3 Å². The predicted octanol–water partition coefficient (Wildman–Crippen LogP) is 0.575. The van der Waals surface area contributed by atoms with E-state index in [0.29, 0.717) is 10.2 Å². The van der Waals surface area contributed by atoms with Gasteiger partial charge in [-0.3, -0.25) is 0 Å². The van der Waals surface area contributed by atoms with E-state index in [4.69, 9.17) is 26.5 Å². The van der Waals surface area contributed by atoms with Gasteiger partial charge in [-0.1, -0.05) is 12.2 Å². The summed E-state index contributed by atoms with van der Waals surface area (Å²) in [6.07, 6.45) is -0.772. The van der Waals surface area contributed by atoms with E-state index in [1.54, 1.807) is 18.3 Å². The molecule has 7 heteroatoms. The highest BCUT2D eigenvalue weighted by molar-refractivity contribution is 7.71. The lowest BCUT2D eigenvalue weighted by Gasteiger charge is -2.18. The number of aliphatic hydroxyl groups is 3. The van der Waals surface area contributed by atoms with E-state index < -0.39 is 24.5 Å². The van der Waals surface area contributed by atoms with E-state index in [9.17, 15) is 10.2 Å². The first-order valence-electron chi connectivity index (χ1n) is 5.84. The highest BCUT2D eigenvalue weighted by atomic mass is 32.1. The maximum Gasteiger partial charge on any atom is 0.168 e. The summed E-state index contributed by atoms with van der Waals surface area (Å²) in [5.41, 5.74) is 0.523. The van der Waals surface area contributed by atoms with Crippen LogP contribution in [0.5, 0.6) is 0 Å². The summed E-state index contributed by atoms with van der Waals surface area (Å²) in [6, 6.07) is 3.57. The zero-order valence-corrected chi connectivity index (χ0v) is 10.7.